The average Bonchev–Trinajstić information content (AvgIpc) is 1.91. The summed E-state index contributed by atoms with van der Waals surface area (Å²) in [6, 6.07) is 0. The number of nitrogens with zero attached hydrogens (tertiary/aromatic N) is 2. The predicted molar refractivity (Wildman–Crippen MR) is 45.0 cm³/mol. The second-order valence-corrected chi connectivity index (χ2v) is 2.35. The van der Waals surface area contributed by atoms with Gasteiger partial charge in [-0.1, -0.05) is 12.6 Å². The Bertz CT molecular complexity index is 104. The van der Waals surface area contributed by atoms with E-state index in [1.54, 1.807) is 0 Å². The zero-order valence-electron chi connectivity index (χ0n) is 6.17. The molecule has 1 saturated heterocycles. The fourth-order valence-electron chi connectivity index (χ4n) is 0.777. The summed E-state index contributed by atoms with van der Waals surface area (Å²) < 4.78 is 0. The summed E-state index contributed by atoms with van der Waals surface area (Å²) in [4.78, 5) is 2.33. The summed E-state index contributed by atoms with van der Waals surface area (Å²) in [6.45, 7) is 4.74. The van der Waals surface area contributed by atoms with Crippen LogP contribution in [-0.4, -0.2) is 38.1 Å². The fourth-order valence-corrected chi connectivity index (χ4v) is 0.777. The molecule has 1 heterocycles. The van der Waals surface area contributed by atoms with Crippen molar-refractivity contribution in [3.8, 4) is 5.40 Å². The van der Waals surface area contributed by atoms with E-state index in [4.69, 9.17) is 5.26 Å². The highest BCUT2D eigenvalue weighted by atomic mass is 32.1. The maximum atomic E-state index is 7.18. The molecule has 0 bridgehead atoms. The lowest BCUT2D eigenvalue weighted by Crippen LogP contribution is -2.40. The summed E-state index contributed by atoms with van der Waals surface area (Å²) in [7, 11) is 2.15. The van der Waals surface area contributed by atoms with Crippen LogP contribution in [0.25, 0.3) is 0 Å². The van der Waals surface area contributed by atoms with Gasteiger partial charge in [-0.05, 0) is 7.05 Å². The van der Waals surface area contributed by atoms with E-state index < -0.39 is 0 Å². The normalized spacial score (nSPS) is 18.5. The first kappa shape index (κ1) is 9.76. The van der Waals surface area contributed by atoms with Crippen LogP contribution < -0.4 is 5.32 Å². The molecule has 0 spiro atoms. The highest BCUT2D eigenvalue weighted by molar-refractivity contribution is 7.85. The van der Waals surface area contributed by atoms with E-state index in [0.717, 1.165) is 13.1 Å². The first-order valence-corrected chi connectivity index (χ1v) is 3.68. The predicted octanol–water partition coefficient (Wildman–Crippen LogP) is -0.0813. The van der Waals surface area contributed by atoms with Gasteiger partial charge in [0.25, 0.3) is 0 Å². The molecule has 0 unspecified atom stereocenters. The summed E-state index contributed by atoms with van der Waals surface area (Å²) in [5, 5.41) is 11.9. The van der Waals surface area contributed by atoms with Gasteiger partial charge in [0.05, 0.1) is 0 Å². The van der Waals surface area contributed by atoms with Gasteiger partial charge in [0.2, 0.25) is 0 Å². The molecule has 0 saturated carbocycles. The maximum Gasteiger partial charge on any atom is 0.130 e. The molecule has 1 fully saturated rings. The Morgan fingerprint density at radius 2 is 1.90 bits per heavy atom. The van der Waals surface area contributed by atoms with Gasteiger partial charge in [-0.15, -0.1) is 0 Å². The van der Waals surface area contributed by atoms with Crippen molar-refractivity contribution in [2.75, 3.05) is 33.2 Å². The van der Waals surface area contributed by atoms with Gasteiger partial charge in [-0.25, -0.2) is 0 Å². The number of piperazine rings is 1. The number of thiocyanates is 1. The number of thiol groups is 1. The summed E-state index contributed by atoms with van der Waals surface area (Å²) in [6.07, 6.45) is 0. The minimum Gasteiger partial charge on any atom is -0.314 e. The molecule has 0 amide bonds. The van der Waals surface area contributed by atoms with E-state index in [2.05, 4.69) is 29.9 Å². The molecule has 0 atom stereocenters. The molecule has 0 aromatic rings. The Kier molecular flexibility index (Phi) is 6.71. The summed E-state index contributed by atoms with van der Waals surface area (Å²) in [5.41, 5.74) is 0. The monoisotopic (exact) mass is 159 g/mol. The number of nitrogens with one attached hydrogen (secondary N) is 1. The minimum absolute atomic E-state index is 1.16. The Morgan fingerprint density at radius 3 is 2.10 bits per heavy atom. The Hall–Kier alpha value is -0.240. The van der Waals surface area contributed by atoms with E-state index in [0.29, 0.717) is 0 Å². The SMILES string of the molecule is CN1CCNCC1.N#CS. The molecule has 1 aliphatic rings. The molecule has 1 N–H and O–H groups in total. The molecule has 10 heavy (non-hydrogen) atoms. The highest BCUT2D eigenvalue weighted by Crippen LogP contribution is 1.82. The number of rotatable bonds is 0. The molecule has 58 valence electrons. The fraction of sp³-hybridized carbons (Fsp3) is 0.833. The highest BCUT2D eigenvalue weighted by Gasteiger charge is 2.01. The Labute approximate surface area is 67.4 Å². The third-order valence-electron chi connectivity index (χ3n) is 1.34. The third kappa shape index (κ3) is 5.89. The average molecular weight is 159 g/mol. The molecule has 0 aromatic heterocycles. The largest absolute Gasteiger partial charge is 0.314 e. The van der Waals surface area contributed by atoms with Crippen molar-refractivity contribution in [2.24, 2.45) is 0 Å². The Morgan fingerprint density at radius 1 is 1.50 bits per heavy atom. The van der Waals surface area contributed by atoms with Crippen LogP contribution in [0.15, 0.2) is 0 Å². The van der Waals surface area contributed by atoms with Crippen molar-refractivity contribution in [1.82, 2.24) is 10.2 Å². The number of nitriles is 1. The van der Waals surface area contributed by atoms with E-state index in [1.807, 2.05) is 0 Å². The van der Waals surface area contributed by atoms with Gasteiger partial charge in [0.15, 0.2) is 0 Å². The van der Waals surface area contributed by atoms with Gasteiger partial charge in [-0.3, -0.25) is 0 Å². The lowest BCUT2D eigenvalue weighted by Gasteiger charge is -2.21. The van der Waals surface area contributed by atoms with Crippen LogP contribution in [0.1, 0.15) is 0 Å². The van der Waals surface area contributed by atoms with Crippen molar-refractivity contribution in [3.63, 3.8) is 0 Å². The van der Waals surface area contributed by atoms with Gasteiger partial charge in [-0.2, -0.15) is 5.26 Å². The van der Waals surface area contributed by atoms with Gasteiger partial charge >= 0.3 is 0 Å². The minimum atomic E-state index is 1.16. The van der Waals surface area contributed by atoms with Crippen molar-refractivity contribution >= 4 is 12.6 Å². The number of likely N-dealkylation sites (N-methyl/N-ethyl adjacent to an activating group) is 1. The van der Waals surface area contributed by atoms with Crippen LogP contribution in [0.5, 0.6) is 0 Å². The zero-order chi connectivity index (χ0) is 7.82. The van der Waals surface area contributed by atoms with Crippen LogP contribution in [0, 0.1) is 10.7 Å². The van der Waals surface area contributed by atoms with Crippen LogP contribution in [-0.2, 0) is 0 Å². The summed E-state index contributed by atoms with van der Waals surface area (Å²) in [5.74, 6) is 0. The summed E-state index contributed by atoms with van der Waals surface area (Å²) >= 11 is 3.09. The van der Waals surface area contributed by atoms with Crippen molar-refractivity contribution in [2.45, 2.75) is 0 Å². The van der Waals surface area contributed by atoms with Crippen LogP contribution >= 0.6 is 12.6 Å². The Balaban J connectivity index is 0.000000236. The zero-order valence-corrected chi connectivity index (χ0v) is 7.06. The first-order valence-electron chi connectivity index (χ1n) is 3.23. The lowest BCUT2D eigenvalue weighted by atomic mass is 10.4. The molecule has 1 aliphatic heterocycles. The van der Waals surface area contributed by atoms with Crippen LogP contribution in [0.2, 0.25) is 0 Å². The topological polar surface area (TPSA) is 39.1 Å². The third-order valence-corrected chi connectivity index (χ3v) is 1.34. The van der Waals surface area contributed by atoms with Crippen molar-refractivity contribution in [1.29, 1.82) is 5.26 Å². The molecule has 4 heteroatoms. The molecule has 1 rings (SSSR count). The molecular formula is C6H13N3S. The van der Waals surface area contributed by atoms with E-state index in [1.165, 1.54) is 18.5 Å². The van der Waals surface area contributed by atoms with Gasteiger partial charge in [0.1, 0.15) is 5.40 Å². The first-order chi connectivity index (χ1) is 4.81. The smallest absolute Gasteiger partial charge is 0.130 e. The van der Waals surface area contributed by atoms with Crippen LogP contribution in [0.3, 0.4) is 0 Å². The van der Waals surface area contributed by atoms with Gasteiger partial charge < -0.3 is 10.2 Å². The van der Waals surface area contributed by atoms with Gasteiger partial charge in [0, 0.05) is 26.2 Å². The van der Waals surface area contributed by atoms with Crippen LogP contribution in [0.4, 0.5) is 0 Å². The quantitative estimate of drug-likeness (QED) is 0.383. The molecule has 3 nitrogen and oxygen atoms in total. The van der Waals surface area contributed by atoms with Crippen molar-refractivity contribution < 1.29 is 0 Å². The number of hydrogen-bond acceptors (Lipinski definition) is 4. The lowest BCUT2D eigenvalue weighted by molar-refractivity contribution is 0.291. The second kappa shape index (κ2) is 6.87. The second-order valence-electron chi connectivity index (χ2n) is 2.15. The maximum absolute atomic E-state index is 7.18. The molecule has 0 aromatic carbocycles. The number of hydrogen-bond donors (Lipinski definition) is 2. The standard InChI is InChI=1S/C5H12N2.CHNS/c1-7-4-2-6-3-5-7;2-1-3/h6H,2-5H2,1H3;3H. The van der Waals surface area contributed by atoms with Crippen molar-refractivity contribution in [3.05, 3.63) is 0 Å². The van der Waals surface area contributed by atoms with E-state index in [9.17, 15) is 0 Å². The molecule has 0 aliphatic carbocycles. The van der Waals surface area contributed by atoms with E-state index >= 15 is 0 Å². The van der Waals surface area contributed by atoms with E-state index in [-0.39, 0.29) is 0 Å². The molecular weight excluding hydrogens is 146 g/mol. The molecule has 0 radical (unpaired) electrons.